The molecule has 0 unspecified atom stereocenters. The van der Waals surface area contributed by atoms with E-state index >= 15 is 0 Å². The van der Waals surface area contributed by atoms with E-state index < -0.39 is 0 Å². The van der Waals surface area contributed by atoms with Gasteiger partial charge in [-0.15, -0.1) is 0 Å². The molecule has 4 nitrogen and oxygen atoms in total. The highest BCUT2D eigenvalue weighted by molar-refractivity contribution is 5.80. The lowest BCUT2D eigenvalue weighted by Gasteiger charge is -2.32. The average molecular weight is 261 g/mol. The summed E-state index contributed by atoms with van der Waals surface area (Å²) in [6.45, 7) is 5.17. The molecule has 1 N–H and O–H groups in total. The first kappa shape index (κ1) is 13.9. The Morgan fingerprint density at radius 1 is 1.26 bits per heavy atom. The van der Waals surface area contributed by atoms with Crippen molar-refractivity contribution in [1.29, 1.82) is 0 Å². The summed E-state index contributed by atoms with van der Waals surface area (Å²) in [6.07, 6.45) is 0. The van der Waals surface area contributed by atoms with Crippen LogP contribution in [0.3, 0.4) is 0 Å². The van der Waals surface area contributed by atoms with Crippen LogP contribution < -0.4 is 10.2 Å². The monoisotopic (exact) mass is 261 g/mol. The molecule has 1 amide bonds. The fraction of sp³-hybridized carbons (Fsp3) is 0.533. The number of benzene rings is 1. The molecule has 0 bridgehead atoms. The fourth-order valence-corrected chi connectivity index (χ4v) is 2.19. The van der Waals surface area contributed by atoms with Crippen LogP contribution in [0, 0.1) is 5.92 Å². The van der Waals surface area contributed by atoms with Crippen LogP contribution in [0.15, 0.2) is 24.3 Å². The van der Waals surface area contributed by atoms with E-state index in [1.807, 2.05) is 25.9 Å². The Hall–Kier alpha value is -1.55. The van der Waals surface area contributed by atoms with Crippen molar-refractivity contribution in [3.63, 3.8) is 0 Å². The number of hydrogen-bond acceptors (Lipinski definition) is 3. The van der Waals surface area contributed by atoms with Crippen LogP contribution in [0.2, 0.25) is 0 Å². The number of carbonyl (C=O) groups is 1. The molecule has 1 fully saturated rings. The maximum atomic E-state index is 12.2. The Balaban J connectivity index is 1.99. The van der Waals surface area contributed by atoms with E-state index in [4.69, 9.17) is 0 Å². The largest absolute Gasteiger partial charge is 0.378 e. The Labute approximate surface area is 115 Å². The number of amides is 1. The number of anilines is 1. The second kappa shape index (κ2) is 6.06. The summed E-state index contributed by atoms with van der Waals surface area (Å²) < 4.78 is 0. The lowest BCUT2D eigenvalue weighted by atomic mass is 10.0. The summed E-state index contributed by atoms with van der Waals surface area (Å²) in [4.78, 5) is 16.2. The lowest BCUT2D eigenvalue weighted by molar-refractivity contribution is -0.137. The van der Waals surface area contributed by atoms with E-state index in [-0.39, 0.29) is 11.8 Å². The summed E-state index contributed by atoms with van der Waals surface area (Å²) in [5.74, 6) is 0.457. The van der Waals surface area contributed by atoms with E-state index in [1.54, 1.807) is 0 Å². The van der Waals surface area contributed by atoms with Gasteiger partial charge < -0.3 is 15.1 Å². The van der Waals surface area contributed by atoms with Gasteiger partial charge in [-0.05, 0) is 24.6 Å². The predicted octanol–water partition coefficient (Wildman–Crippen LogP) is 1.32. The van der Waals surface area contributed by atoms with Gasteiger partial charge in [0, 0.05) is 46.0 Å². The predicted molar refractivity (Wildman–Crippen MR) is 78.2 cm³/mol. The van der Waals surface area contributed by atoms with Crippen LogP contribution in [0.4, 0.5) is 5.69 Å². The Kier molecular flexibility index (Phi) is 4.43. The quantitative estimate of drug-likeness (QED) is 0.868. The van der Waals surface area contributed by atoms with E-state index in [1.165, 1.54) is 11.3 Å². The molecule has 1 aliphatic rings. The second-order valence-corrected chi connectivity index (χ2v) is 5.27. The summed E-state index contributed by atoms with van der Waals surface area (Å²) in [6, 6.07) is 8.39. The van der Waals surface area contributed by atoms with Gasteiger partial charge in [0.2, 0.25) is 5.91 Å². The highest BCUT2D eigenvalue weighted by Gasteiger charge is 2.28. The van der Waals surface area contributed by atoms with Gasteiger partial charge in [-0.1, -0.05) is 12.1 Å². The normalized spacial score (nSPS) is 14.9. The van der Waals surface area contributed by atoms with Crippen LogP contribution in [-0.4, -0.2) is 44.5 Å². The van der Waals surface area contributed by atoms with Crippen LogP contribution in [0.1, 0.15) is 12.5 Å². The molecule has 0 atom stereocenters. The number of hydrogen-bond donors (Lipinski definition) is 1. The van der Waals surface area contributed by atoms with Gasteiger partial charge in [-0.25, -0.2) is 0 Å². The molecule has 0 spiro atoms. The van der Waals surface area contributed by atoms with Crippen molar-refractivity contribution in [2.45, 2.75) is 13.5 Å². The SMILES string of the molecule is CCN(Cc1ccc(N(C)C)cc1)C(=O)C1CNC1. The molecule has 1 heterocycles. The zero-order valence-electron chi connectivity index (χ0n) is 12.0. The molecule has 1 saturated heterocycles. The van der Waals surface area contributed by atoms with Crippen molar-refractivity contribution in [2.75, 3.05) is 38.6 Å². The Bertz CT molecular complexity index is 424. The number of nitrogens with zero attached hydrogens (tertiary/aromatic N) is 2. The second-order valence-electron chi connectivity index (χ2n) is 5.27. The van der Waals surface area contributed by atoms with Crippen LogP contribution in [0.5, 0.6) is 0 Å². The first-order valence-electron chi connectivity index (χ1n) is 6.87. The minimum Gasteiger partial charge on any atom is -0.378 e. The van der Waals surface area contributed by atoms with Crippen LogP contribution in [0.25, 0.3) is 0 Å². The summed E-state index contributed by atoms with van der Waals surface area (Å²) in [5, 5.41) is 3.15. The van der Waals surface area contributed by atoms with Crippen LogP contribution in [-0.2, 0) is 11.3 Å². The molecule has 0 aliphatic carbocycles. The minimum atomic E-state index is 0.181. The van der Waals surface area contributed by atoms with Gasteiger partial charge in [0.1, 0.15) is 0 Å². The molecule has 4 heteroatoms. The van der Waals surface area contributed by atoms with Gasteiger partial charge in [0.15, 0.2) is 0 Å². The molecular formula is C15H23N3O. The van der Waals surface area contributed by atoms with E-state index in [0.29, 0.717) is 6.54 Å². The molecule has 1 aromatic carbocycles. The highest BCUT2D eigenvalue weighted by atomic mass is 16.2. The molecule has 104 valence electrons. The average Bonchev–Trinajstić information content (AvgIpc) is 2.34. The van der Waals surface area contributed by atoms with Crippen molar-refractivity contribution >= 4 is 11.6 Å². The van der Waals surface area contributed by atoms with Gasteiger partial charge in [0.25, 0.3) is 0 Å². The zero-order valence-corrected chi connectivity index (χ0v) is 12.0. The van der Waals surface area contributed by atoms with Crippen molar-refractivity contribution in [3.8, 4) is 0 Å². The van der Waals surface area contributed by atoms with E-state index in [9.17, 15) is 4.79 Å². The molecule has 19 heavy (non-hydrogen) atoms. The third-order valence-electron chi connectivity index (χ3n) is 3.65. The Morgan fingerprint density at radius 3 is 2.32 bits per heavy atom. The van der Waals surface area contributed by atoms with Crippen LogP contribution >= 0.6 is 0 Å². The maximum Gasteiger partial charge on any atom is 0.228 e. The number of rotatable bonds is 5. The summed E-state index contributed by atoms with van der Waals surface area (Å²) in [7, 11) is 4.06. The minimum absolute atomic E-state index is 0.181. The zero-order chi connectivity index (χ0) is 13.8. The third kappa shape index (κ3) is 3.26. The van der Waals surface area contributed by atoms with Gasteiger partial charge in [-0.2, -0.15) is 0 Å². The molecule has 1 aromatic rings. The van der Waals surface area contributed by atoms with E-state index in [0.717, 1.165) is 19.6 Å². The first-order valence-corrected chi connectivity index (χ1v) is 6.87. The number of nitrogens with one attached hydrogen (secondary N) is 1. The summed E-state index contributed by atoms with van der Waals surface area (Å²) >= 11 is 0. The Morgan fingerprint density at radius 2 is 1.89 bits per heavy atom. The smallest absolute Gasteiger partial charge is 0.228 e. The summed E-state index contributed by atoms with van der Waals surface area (Å²) in [5.41, 5.74) is 2.37. The first-order chi connectivity index (χ1) is 9.11. The van der Waals surface area contributed by atoms with E-state index in [2.05, 4.69) is 34.5 Å². The third-order valence-corrected chi connectivity index (χ3v) is 3.65. The maximum absolute atomic E-state index is 12.2. The molecule has 0 aromatic heterocycles. The van der Waals surface area contributed by atoms with Crippen molar-refractivity contribution < 1.29 is 4.79 Å². The van der Waals surface area contributed by atoms with Crippen molar-refractivity contribution in [2.24, 2.45) is 5.92 Å². The molecule has 0 radical (unpaired) electrons. The molecular weight excluding hydrogens is 238 g/mol. The molecule has 2 rings (SSSR count). The van der Waals surface area contributed by atoms with Gasteiger partial charge >= 0.3 is 0 Å². The molecule has 0 saturated carbocycles. The topological polar surface area (TPSA) is 35.6 Å². The molecule has 1 aliphatic heterocycles. The number of carbonyl (C=O) groups excluding carboxylic acids is 1. The van der Waals surface area contributed by atoms with Crippen molar-refractivity contribution in [1.82, 2.24) is 10.2 Å². The van der Waals surface area contributed by atoms with Gasteiger partial charge in [-0.3, -0.25) is 4.79 Å². The van der Waals surface area contributed by atoms with Gasteiger partial charge in [0.05, 0.1) is 5.92 Å². The lowest BCUT2D eigenvalue weighted by Crippen LogP contribution is -2.51. The standard InChI is InChI=1S/C15H23N3O/c1-4-18(15(19)13-9-16-10-13)11-12-5-7-14(8-6-12)17(2)3/h5-8,13,16H,4,9-11H2,1-3H3. The van der Waals surface area contributed by atoms with Crippen molar-refractivity contribution in [3.05, 3.63) is 29.8 Å². The highest BCUT2D eigenvalue weighted by Crippen LogP contribution is 2.15. The fourth-order valence-electron chi connectivity index (χ4n) is 2.19.